The van der Waals surface area contributed by atoms with Crippen LogP contribution in [0, 0.1) is 0 Å². The van der Waals surface area contributed by atoms with Crippen LogP contribution in [0.3, 0.4) is 0 Å². The number of carbonyl (C=O) groups excluding carboxylic acids is 1. The van der Waals surface area contributed by atoms with E-state index in [1.165, 1.54) is 6.07 Å². The highest BCUT2D eigenvalue weighted by atomic mass is 16.5. The summed E-state index contributed by atoms with van der Waals surface area (Å²) in [5, 5.41) is 19.2. The molecule has 0 unspecified atom stereocenters. The van der Waals surface area contributed by atoms with Gasteiger partial charge < -0.3 is 14.9 Å². The molecule has 3 aromatic carbocycles. The van der Waals surface area contributed by atoms with E-state index in [1.54, 1.807) is 67.8 Å². The lowest BCUT2D eigenvalue weighted by Gasteiger charge is -2.10. The Morgan fingerprint density at radius 2 is 1.46 bits per heavy atom. The minimum absolute atomic E-state index is 0.0735. The SMILES string of the molecule is COc1ccc(C(=O)c2ccc(O)cc2-c2ccc(O)cc2)cc1. The Kier molecular flexibility index (Phi) is 4.20. The van der Waals surface area contributed by atoms with Gasteiger partial charge in [0.05, 0.1) is 7.11 Å². The van der Waals surface area contributed by atoms with Crippen molar-refractivity contribution in [3.63, 3.8) is 0 Å². The molecule has 0 saturated heterocycles. The number of phenols is 2. The number of aromatic hydroxyl groups is 2. The largest absolute Gasteiger partial charge is 0.508 e. The van der Waals surface area contributed by atoms with Gasteiger partial charge in [-0.3, -0.25) is 4.79 Å². The monoisotopic (exact) mass is 320 g/mol. The smallest absolute Gasteiger partial charge is 0.193 e. The van der Waals surface area contributed by atoms with Gasteiger partial charge in [-0.1, -0.05) is 12.1 Å². The average molecular weight is 320 g/mol. The zero-order valence-electron chi connectivity index (χ0n) is 13.1. The molecule has 0 amide bonds. The van der Waals surface area contributed by atoms with Gasteiger partial charge in [0.1, 0.15) is 17.2 Å². The molecule has 4 nitrogen and oxygen atoms in total. The topological polar surface area (TPSA) is 66.8 Å². The maximum Gasteiger partial charge on any atom is 0.193 e. The zero-order valence-corrected chi connectivity index (χ0v) is 13.1. The highest BCUT2D eigenvalue weighted by Gasteiger charge is 2.16. The van der Waals surface area contributed by atoms with Crippen molar-refractivity contribution in [2.75, 3.05) is 7.11 Å². The molecule has 0 aromatic heterocycles. The summed E-state index contributed by atoms with van der Waals surface area (Å²) in [7, 11) is 1.57. The summed E-state index contributed by atoms with van der Waals surface area (Å²) in [5.41, 5.74) is 2.35. The van der Waals surface area contributed by atoms with Crippen molar-refractivity contribution in [3.05, 3.63) is 77.9 Å². The third-order valence-electron chi connectivity index (χ3n) is 3.78. The van der Waals surface area contributed by atoms with Crippen LogP contribution >= 0.6 is 0 Å². The Hall–Kier alpha value is -3.27. The second-order valence-corrected chi connectivity index (χ2v) is 5.33. The van der Waals surface area contributed by atoms with Crippen LogP contribution in [0.5, 0.6) is 17.2 Å². The van der Waals surface area contributed by atoms with Crippen LogP contribution in [0.1, 0.15) is 15.9 Å². The van der Waals surface area contributed by atoms with Crippen LogP contribution in [-0.2, 0) is 0 Å². The van der Waals surface area contributed by atoms with E-state index in [-0.39, 0.29) is 17.3 Å². The zero-order chi connectivity index (χ0) is 17.1. The highest BCUT2D eigenvalue weighted by Crippen LogP contribution is 2.30. The molecule has 0 saturated carbocycles. The van der Waals surface area contributed by atoms with E-state index in [1.807, 2.05) is 0 Å². The highest BCUT2D eigenvalue weighted by molar-refractivity contribution is 6.13. The summed E-state index contributed by atoms with van der Waals surface area (Å²) >= 11 is 0. The predicted molar refractivity (Wildman–Crippen MR) is 91.6 cm³/mol. The number of rotatable bonds is 4. The molecule has 0 aliphatic carbocycles. The van der Waals surface area contributed by atoms with Crippen molar-refractivity contribution in [3.8, 4) is 28.4 Å². The minimum atomic E-state index is -0.152. The third kappa shape index (κ3) is 3.08. The van der Waals surface area contributed by atoms with Gasteiger partial charge in [0.25, 0.3) is 0 Å². The molecule has 3 aromatic rings. The van der Waals surface area contributed by atoms with Gasteiger partial charge in [-0.05, 0) is 65.7 Å². The van der Waals surface area contributed by atoms with Gasteiger partial charge in [0.2, 0.25) is 0 Å². The standard InChI is InChI=1S/C20H16O4/c1-24-17-9-4-14(5-10-17)20(23)18-11-8-16(22)12-19(18)13-2-6-15(21)7-3-13/h2-12,21-22H,1H3. The quantitative estimate of drug-likeness (QED) is 0.713. The number of carbonyl (C=O) groups is 1. The summed E-state index contributed by atoms with van der Waals surface area (Å²) < 4.78 is 5.11. The van der Waals surface area contributed by atoms with Crippen molar-refractivity contribution in [1.82, 2.24) is 0 Å². The molecule has 0 aliphatic rings. The summed E-state index contributed by atoms with van der Waals surface area (Å²) in [6.45, 7) is 0. The normalized spacial score (nSPS) is 10.4. The van der Waals surface area contributed by atoms with Crippen molar-refractivity contribution in [1.29, 1.82) is 0 Å². The fourth-order valence-electron chi connectivity index (χ4n) is 2.51. The van der Waals surface area contributed by atoms with Gasteiger partial charge >= 0.3 is 0 Å². The van der Waals surface area contributed by atoms with Crippen LogP contribution in [0.15, 0.2) is 66.7 Å². The number of ketones is 1. The second-order valence-electron chi connectivity index (χ2n) is 5.33. The molecular weight excluding hydrogens is 304 g/mol. The van der Waals surface area contributed by atoms with Crippen molar-refractivity contribution in [2.45, 2.75) is 0 Å². The second kappa shape index (κ2) is 6.46. The summed E-state index contributed by atoms with van der Waals surface area (Å²) in [6, 6.07) is 18.0. The van der Waals surface area contributed by atoms with E-state index in [0.29, 0.717) is 22.4 Å². The lowest BCUT2D eigenvalue weighted by molar-refractivity contribution is 0.103. The van der Waals surface area contributed by atoms with E-state index < -0.39 is 0 Å². The van der Waals surface area contributed by atoms with Crippen LogP contribution in [0.4, 0.5) is 0 Å². The van der Waals surface area contributed by atoms with Gasteiger partial charge in [-0.25, -0.2) is 0 Å². The van der Waals surface area contributed by atoms with Crippen LogP contribution in [-0.4, -0.2) is 23.1 Å². The van der Waals surface area contributed by atoms with Crippen molar-refractivity contribution < 1.29 is 19.7 Å². The Labute approximate surface area is 139 Å². The van der Waals surface area contributed by atoms with Crippen LogP contribution < -0.4 is 4.74 Å². The maximum atomic E-state index is 12.8. The molecule has 4 heteroatoms. The average Bonchev–Trinajstić information content (AvgIpc) is 2.62. The van der Waals surface area contributed by atoms with Crippen LogP contribution in [0.25, 0.3) is 11.1 Å². The first kappa shape index (κ1) is 15.6. The van der Waals surface area contributed by atoms with Crippen molar-refractivity contribution in [2.24, 2.45) is 0 Å². The Bertz CT molecular complexity index is 865. The number of hydrogen-bond donors (Lipinski definition) is 2. The number of benzene rings is 3. The first-order valence-electron chi connectivity index (χ1n) is 7.39. The molecule has 0 spiro atoms. The first-order valence-corrected chi connectivity index (χ1v) is 7.39. The molecular formula is C20H16O4. The molecule has 0 bridgehead atoms. The first-order chi connectivity index (χ1) is 11.6. The Balaban J connectivity index is 2.06. The summed E-state index contributed by atoms with van der Waals surface area (Å²) in [5.74, 6) is 0.739. The number of methoxy groups -OCH3 is 1. The third-order valence-corrected chi connectivity index (χ3v) is 3.78. The molecule has 0 radical (unpaired) electrons. The van der Waals surface area contributed by atoms with E-state index in [0.717, 1.165) is 5.56 Å². The lowest BCUT2D eigenvalue weighted by Crippen LogP contribution is -2.03. The molecule has 2 N–H and O–H groups in total. The fourth-order valence-corrected chi connectivity index (χ4v) is 2.51. The molecule has 0 heterocycles. The lowest BCUT2D eigenvalue weighted by atomic mass is 9.93. The molecule has 3 rings (SSSR count). The van der Waals surface area contributed by atoms with E-state index in [4.69, 9.17) is 4.74 Å². The Morgan fingerprint density at radius 3 is 2.08 bits per heavy atom. The summed E-state index contributed by atoms with van der Waals surface area (Å²) in [4.78, 5) is 12.8. The van der Waals surface area contributed by atoms with Crippen LogP contribution in [0.2, 0.25) is 0 Å². The fraction of sp³-hybridized carbons (Fsp3) is 0.0500. The van der Waals surface area contributed by atoms with Gasteiger partial charge in [-0.15, -0.1) is 0 Å². The van der Waals surface area contributed by atoms with E-state index >= 15 is 0 Å². The predicted octanol–water partition coefficient (Wildman–Crippen LogP) is 4.00. The number of phenolic OH excluding ortho intramolecular Hbond substituents is 2. The van der Waals surface area contributed by atoms with Gasteiger partial charge in [0.15, 0.2) is 5.78 Å². The molecule has 0 aliphatic heterocycles. The number of hydrogen-bond acceptors (Lipinski definition) is 4. The molecule has 120 valence electrons. The van der Waals surface area contributed by atoms with E-state index in [9.17, 15) is 15.0 Å². The van der Waals surface area contributed by atoms with Gasteiger partial charge in [0, 0.05) is 11.1 Å². The minimum Gasteiger partial charge on any atom is -0.508 e. The molecule has 0 atom stereocenters. The van der Waals surface area contributed by atoms with Crippen molar-refractivity contribution >= 4 is 5.78 Å². The molecule has 24 heavy (non-hydrogen) atoms. The van der Waals surface area contributed by atoms with Gasteiger partial charge in [-0.2, -0.15) is 0 Å². The maximum absolute atomic E-state index is 12.8. The molecule has 0 fully saturated rings. The van der Waals surface area contributed by atoms with E-state index in [2.05, 4.69) is 0 Å². The number of ether oxygens (including phenoxy) is 1. The summed E-state index contributed by atoms with van der Waals surface area (Å²) in [6.07, 6.45) is 0. The Morgan fingerprint density at radius 1 is 0.833 bits per heavy atom.